The third kappa shape index (κ3) is 3.77. The summed E-state index contributed by atoms with van der Waals surface area (Å²) in [5.74, 6) is 0.793. The van der Waals surface area contributed by atoms with Gasteiger partial charge in [-0.25, -0.2) is 4.98 Å². The summed E-state index contributed by atoms with van der Waals surface area (Å²) in [5.41, 5.74) is 3.98. The lowest BCUT2D eigenvalue weighted by Gasteiger charge is -2.22. The number of nitrogens with zero attached hydrogens (tertiary/aromatic N) is 2. The average Bonchev–Trinajstić information content (AvgIpc) is 3.02. The van der Waals surface area contributed by atoms with Gasteiger partial charge in [0.05, 0.1) is 19.3 Å². The first kappa shape index (κ1) is 18.3. The van der Waals surface area contributed by atoms with Crippen LogP contribution in [0.5, 0.6) is 0 Å². The van der Waals surface area contributed by atoms with Crippen molar-refractivity contribution in [2.24, 2.45) is 0 Å². The van der Waals surface area contributed by atoms with Crippen molar-refractivity contribution < 1.29 is 9.53 Å². The van der Waals surface area contributed by atoms with Crippen molar-refractivity contribution in [3.8, 4) is 0 Å². The van der Waals surface area contributed by atoms with E-state index in [4.69, 9.17) is 4.74 Å². The standard InChI is InChI=1S/C22H24N4O2/c1-15(20-12-17-5-3-4-6-19(17)25-20)26(2)21(27)8-7-16-11-18-14-28-10-9-23-22(18)24-13-16/h3-8,11-13,15,25H,9-10,14H2,1-2H3,(H,23,24). The predicted molar refractivity (Wildman–Crippen MR) is 111 cm³/mol. The van der Waals surface area contributed by atoms with Crippen molar-refractivity contribution >= 4 is 28.7 Å². The molecule has 0 bridgehead atoms. The van der Waals surface area contributed by atoms with Crippen LogP contribution in [0, 0.1) is 0 Å². The van der Waals surface area contributed by atoms with Crippen molar-refractivity contribution in [3.63, 3.8) is 0 Å². The molecule has 3 heterocycles. The predicted octanol–water partition coefficient (Wildman–Crippen LogP) is 3.74. The van der Waals surface area contributed by atoms with Gasteiger partial charge in [0.15, 0.2) is 0 Å². The zero-order valence-electron chi connectivity index (χ0n) is 16.1. The van der Waals surface area contributed by atoms with Crippen LogP contribution in [-0.2, 0) is 16.1 Å². The largest absolute Gasteiger partial charge is 0.375 e. The molecule has 3 aromatic rings. The highest BCUT2D eigenvalue weighted by Crippen LogP contribution is 2.24. The van der Waals surface area contributed by atoms with E-state index in [0.29, 0.717) is 13.2 Å². The van der Waals surface area contributed by atoms with Crippen LogP contribution >= 0.6 is 0 Å². The molecular weight excluding hydrogens is 352 g/mol. The molecule has 2 aromatic heterocycles. The first-order chi connectivity index (χ1) is 13.6. The van der Waals surface area contributed by atoms with E-state index in [-0.39, 0.29) is 11.9 Å². The number of hydrogen-bond donors (Lipinski definition) is 2. The van der Waals surface area contributed by atoms with Gasteiger partial charge < -0.3 is 19.9 Å². The SMILES string of the molecule is CC(c1cc2ccccc2[nH]1)N(C)C(=O)C=Cc1cnc2c(c1)COCCN2. The Balaban J connectivity index is 1.47. The number of likely N-dealkylation sites (N-methyl/N-ethyl adjacent to an activating group) is 1. The minimum atomic E-state index is -0.0627. The number of rotatable bonds is 4. The topological polar surface area (TPSA) is 70.2 Å². The highest BCUT2D eigenvalue weighted by atomic mass is 16.5. The zero-order valence-corrected chi connectivity index (χ0v) is 16.1. The molecule has 1 amide bonds. The van der Waals surface area contributed by atoms with E-state index in [9.17, 15) is 4.79 Å². The lowest BCUT2D eigenvalue weighted by atomic mass is 10.1. The number of nitrogens with one attached hydrogen (secondary N) is 2. The van der Waals surface area contributed by atoms with Gasteiger partial charge in [-0.2, -0.15) is 0 Å². The van der Waals surface area contributed by atoms with E-state index < -0.39 is 0 Å². The van der Waals surface area contributed by atoms with Crippen molar-refractivity contribution in [1.82, 2.24) is 14.9 Å². The smallest absolute Gasteiger partial charge is 0.246 e. The van der Waals surface area contributed by atoms with Crippen LogP contribution in [0.2, 0.25) is 0 Å². The third-order valence-electron chi connectivity index (χ3n) is 5.13. The Labute approximate surface area is 164 Å². The summed E-state index contributed by atoms with van der Waals surface area (Å²) in [6.45, 7) is 3.96. The number of amides is 1. The number of carbonyl (C=O) groups excluding carboxylic acids is 1. The van der Waals surface area contributed by atoms with Gasteiger partial charge in [-0.3, -0.25) is 4.79 Å². The summed E-state index contributed by atoms with van der Waals surface area (Å²) in [6, 6.07) is 12.2. The highest BCUT2D eigenvalue weighted by Gasteiger charge is 2.17. The lowest BCUT2D eigenvalue weighted by molar-refractivity contribution is -0.126. The number of hydrogen-bond acceptors (Lipinski definition) is 4. The van der Waals surface area contributed by atoms with Crippen LogP contribution in [0.4, 0.5) is 5.82 Å². The Bertz CT molecular complexity index is 991. The molecule has 4 rings (SSSR count). The van der Waals surface area contributed by atoms with Crippen molar-refractivity contribution in [3.05, 3.63) is 65.5 Å². The Morgan fingerprint density at radius 3 is 3.04 bits per heavy atom. The maximum atomic E-state index is 12.7. The molecule has 1 unspecified atom stereocenters. The van der Waals surface area contributed by atoms with Gasteiger partial charge in [0, 0.05) is 42.6 Å². The summed E-state index contributed by atoms with van der Waals surface area (Å²) in [5, 5.41) is 4.39. The fraction of sp³-hybridized carbons (Fsp3) is 0.273. The summed E-state index contributed by atoms with van der Waals surface area (Å²) in [6.07, 6.45) is 5.16. The number of aromatic nitrogens is 2. The maximum Gasteiger partial charge on any atom is 0.246 e. The minimum absolute atomic E-state index is 0.0597. The van der Waals surface area contributed by atoms with Crippen molar-refractivity contribution in [2.75, 3.05) is 25.5 Å². The van der Waals surface area contributed by atoms with E-state index in [1.807, 2.05) is 38.2 Å². The summed E-state index contributed by atoms with van der Waals surface area (Å²) in [4.78, 5) is 22.2. The molecule has 28 heavy (non-hydrogen) atoms. The second-order valence-electron chi connectivity index (χ2n) is 7.03. The molecule has 0 radical (unpaired) electrons. The zero-order chi connectivity index (χ0) is 19.5. The number of benzene rings is 1. The van der Waals surface area contributed by atoms with Crippen LogP contribution in [0.15, 0.2) is 48.7 Å². The number of aromatic amines is 1. The van der Waals surface area contributed by atoms with Gasteiger partial charge in [-0.15, -0.1) is 0 Å². The molecule has 2 N–H and O–H groups in total. The Hall–Kier alpha value is -3.12. The van der Waals surface area contributed by atoms with E-state index in [2.05, 4.69) is 27.4 Å². The Morgan fingerprint density at radius 1 is 1.32 bits per heavy atom. The van der Waals surface area contributed by atoms with Gasteiger partial charge in [-0.1, -0.05) is 18.2 Å². The number of anilines is 1. The average molecular weight is 376 g/mol. The first-order valence-corrected chi connectivity index (χ1v) is 9.45. The second-order valence-corrected chi connectivity index (χ2v) is 7.03. The first-order valence-electron chi connectivity index (χ1n) is 9.45. The molecule has 1 aliphatic heterocycles. The van der Waals surface area contributed by atoms with E-state index in [0.717, 1.165) is 40.1 Å². The minimum Gasteiger partial charge on any atom is -0.375 e. The number of fused-ring (bicyclic) bond motifs is 2. The molecule has 6 nitrogen and oxygen atoms in total. The number of ether oxygens (including phenoxy) is 1. The van der Waals surface area contributed by atoms with E-state index in [1.54, 1.807) is 23.2 Å². The van der Waals surface area contributed by atoms with Crippen LogP contribution in [0.3, 0.4) is 0 Å². The molecule has 1 aromatic carbocycles. The number of para-hydroxylation sites is 1. The second kappa shape index (κ2) is 7.86. The quantitative estimate of drug-likeness (QED) is 0.681. The van der Waals surface area contributed by atoms with Gasteiger partial charge >= 0.3 is 0 Å². The monoisotopic (exact) mass is 376 g/mol. The molecule has 6 heteroatoms. The molecule has 1 aliphatic rings. The van der Waals surface area contributed by atoms with Crippen molar-refractivity contribution in [2.45, 2.75) is 19.6 Å². The summed E-state index contributed by atoms with van der Waals surface area (Å²) in [7, 11) is 1.82. The van der Waals surface area contributed by atoms with Gasteiger partial charge in [-0.05, 0) is 42.1 Å². The molecule has 0 saturated carbocycles. The fourth-order valence-electron chi connectivity index (χ4n) is 3.32. The fourth-order valence-corrected chi connectivity index (χ4v) is 3.32. The van der Waals surface area contributed by atoms with Crippen LogP contribution in [-0.4, -0.2) is 41.0 Å². The molecule has 0 aliphatic carbocycles. The normalized spacial score (nSPS) is 15.1. The summed E-state index contributed by atoms with van der Waals surface area (Å²) < 4.78 is 5.54. The molecule has 144 valence electrons. The Morgan fingerprint density at radius 2 is 2.18 bits per heavy atom. The van der Waals surface area contributed by atoms with Gasteiger partial charge in [0.2, 0.25) is 5.91 Å². The van der Waals surface area contributed by atoms with E-state index in [1.165, 1.54) is 0 Å². The number of pyridine rings is 1. The summed E-state index contributed by atoms with van der Waals surface area (Å²) >= 11 is 0. The third-order valence-corrected chi connectivity index (χ3v) is 5.13. The maximum absolute atomic E-state index is 12.7. The van der Waals surface area contributed by atoms with Crippen LogP contribution in [0.25, 0.3) is 17.0 Å². The molecule has 1 atom stereocenters. The number of H-pyrrole nitrogens is 1. The van der Waals surface area contributed by atoms with Gasteiger partial charge in [0.1, 0.15) is 5.82 Å². The lowest BCUT2D eigenvalue weighted by Crippen LogP contribution is -2.28. The Kier molecular flexibility index (Phi) is 5.12. The van der Waals surface area contributed by atoms with E-state index >= 15 is 0 Å². The van der Waals surface area contributed by atoms with Gasteiger partial charge in [0.25, 0.3) is 0 Å². The molecule has 0 spiro atoms. The van der Waals surface area contributed by atoms with Crippen molar-refractivity contribution in [1.29, 1.82) is 0 Å². The molecule has 0 fully saturated rings. The molecule has 0 saturated heterocycles. The van der Waals surface area contributed by atoms with Crippen LogP contribution < -0.4 is 5.32 Å². The highest BCUT2D eigenvalue weighted by molar-refractivity contribution is 5.92. The molecular formula is C22H24N4O2. The number of carbonyl (C=O) groups is 1. The van der Waals surface area contributed by atoms with Crippen LogP contribution in [0.1, 0.15) is 29.8 Å².